The van der Waals surface area contributed by atoms with Crippen LogP contribution in [0.4, 0.5) is 0 Å². The molecule has 1 saturated carbocycles. The van der Waals surface area contributed by atoms with Crippen LogP contribution in [0.5, 0.6) is 0 Å². The van der Waals surface area contributed by atoms with Gasteiger partial charge in [-0.2, -0.15) is 0 Å². The molecule has 3 heterocycles. The van der Waals surface area contributed by atoms with E-state index in [2.05, 4.69) is 70.8 Å². The van der Waals surface area contributed by atoms with Gasteiger partial charge in [0.15, 0.2) is 0 Å². The lowest BCUT2D eigenvalue weighted by Gasteiger charge is -2.49. The summed E-state index contributed by atoms with van der Waals surface area (Å²) in [4.78, 5) is 36.3. The van der Waals surface area contributed by atoms with Crippen molar-refractivity contribution in [1.29, 1.82) is 0 Å². The maximum atomic E-state index is 13.6. The number of thioether (sulfide) groups is 1. The van der Waals surface area contributed by atoms with Gasteiger partial charge in [0, 0.05) is 65.0 Å². The van der Waals surface area contributed by atoms with E-state index in [0.29, 0.717) is 24.0 Å². The van der Waals surface area contributed by atoms with Gasteiger partial charge in [-0.1, -0.05) is 18.2 Å². The summed E-state index contributed by atoms with van der Waals surface area (Å²) in [7, 11) is 4.37. The van der Waals surface area contributed by atoms with Crippen molar-refractivity contribution < 1.29 is 9.59 Å². The zero-order chi connectivity index (χ0) is 27.8. The van der Waals surface area contributed by atoms with Gasteiger partial charge in [-0.05, 0) is 84.9 Å². The van der Waals surface area contributed by atoms with E-state index in [1.54, 1.807) is 11.8 Å². The van der Waals surface area contributed by atoms with Gasteiger partial charge in [0.05, 0.1) is 11.5 Å². The van der Waals surface area contributed by atoms with E-state index < -0.39 is 5.92 Å². The van der Waals surface area contributed by atoms with Crippen molar-refractivity contribution in [3.63, 3.8) is 0 Å². The summed E-state index contributed by atoms with van der Waals surface area (Å²) in [6.45, 7) is 8.89. The Labute approximate surface area is 237 Å². The molecule has 1 aliphatic carbocycles. The van der Waals surface area contributed by atoms with Crippen LogP contribution in [-0.4, -0.2) is 84.0 Å². The van der Waals surface area contributed by atoms with Crippen LogP contribution in [0.3, 0.4) is 0 Å². The Morgan fingerprint density at radius 1 is 1.15 bits per heavy atom. The summed E-state index contributed by atoms with van der Waals surface area (Å²) in [6.07, 6.45) is 8.85. The number of likely N-dealkylation sites (N-methyl/N-ethyl adjacent to an activating group) is 1. The molecular weight excluding hydrogens is 506 g/mol. The SMILES string of the molecule is CSC1=CC(C)=NC(=O)C1CNC(=O)c1c(C)n([C@H](C)C2CCC(N3CC(N(C)C)C3)CC2)c2ccccc12. The highest BCUT2D eigenvalue weighted by molar-refractivity contribution is 8.02. The van der Waals surface area contributed by atoms with Gasteiger partial charge < -0.3 is 14.8 Å². The lowest BCUT2D eigenvalue weighted by molar-refractivity contribution is -0.120. The van der Waals surface area contributed by atoms with Crippen LogP contribution in [0.1, 0.15) is 61.6 Å². The summed E-state index contributed by atoms with van der Waals surface area (Å²) in [6, 6.07) is 9.98. The Morgan fingerprint density at radius 3 is 2.51 bits per heavy atom. The van der Waals surface area contributed by atoms with Crippen LogP contribution < -0.4 is 5.32 Å². The van der Waals surface area contributed by atoms with Crippen molar-refractivity contribution in [3.8, 4) is 0 Å². The first-order valence-corrected chi connectivity index (χ1v) is 15.5. The Bertz CT molecular complexity index is 1300. The number of carbonyl (C=O) groups excluding carboxylic acids is 2. The number of hydrogen-bond acceptors (Lipinski definition) is 5. The van der Waals surface area contributed by atoms with Gasteiger partial charge in [-0.25, -0.2) is 4.99 Å². The van der Waals surface area contributed by atoms with Crippen molar-refractivity contribution in [2.75, 3.05) is 40.0 Å². The Hall–Kier alpha value is -2.42. The molecule has 39 heavy (non-hydrogen) atoms. The maximum absolute atomic E-state index is 13.6. The summed E-state index contributed by atoms with van der Waals surface area (Å²) < 4.78 is 2.40. The van der Waals surface area contributed by atoms with Crippen molar-refractivity contribution in [2.24, 2.45) is 16.8 Å². The lowest BCUT2D eigenvalue weighted by Crippen LogP contribution is -2.61. The third-order valence-electron chi connectivity index (χ3n) is 9.33. The van der Waals surface area contributed by atoms with Crippen molar-refractivity contribution in [1.82, 2.24) is 19.7 Å². The Balaban J connectivity index is 1.30. The van der Waals surface area contributed by atoms with Gasteiger partial charge in [0.1, 0.15) is 0 Å². The minimum Gasteiger partial charge on any atom is -0.351 e. The second-order valence-corrected chi connectivity index (χ2v) is 12.7. The van der Waals surface area contributed by atoms with Crippen LogP contribution in [0, 0.1) is 18.8 Å². The standard InChI is InChI=1S/C31H43N5O2S/c1-19-15-28(39-6)26(30(37)33-19)16-32-31(38)29-21(3)36(27-10-8-7-9-25(27)29)20(2)22-11-13-23(14-12-22)35-17-24(18-35)34(4)5/h7-10,15,20,22-24,26H,11-14,16-18H2,1-6H3,(H,32,38)/t20-,22?,23?,26?/m1/s1. The molecule has 2 aromatic rings. The quantitative estimate of drug-likeness (QED) is 0.507. The van der Waals surface area contributed by atoms with E-state index in [1.807, 2.05) is 25.3 Å². The zero-order valence-electron chi connectivity index (χ0n) is 24.2. The normalized spacial score (nSPS) is 25.4. The van der Waals surface area contributed by atoms with Gasteiger partial charge in [-0.15, -0.1) is 11.8 Å². The molecule has 8 heteroatoms. The number of hydrogen-bond donors (Lipinski definition) is 1. The summed E-state index contributed by atoms with van der Waals surface area (Å²) in [5.41, 5.74) is 3.56. The zero-order valence-corrected chi connectivity index (χ0v) is 25.1. The van der Waals surface area contributed by atoms with Gasteiger partial charge in [0.2, 0.25) is 0 Å². The molecule has 1 saturated heterocycles. The minimum absolute atomic E-state index is 0.119. The molecule has 7 nitrogen and oxygen atoms in total. The summed E-state index contributed by atoms with van der Waals surface area (Å²) >= 11 is 1.55. The second kappa shape index (κ2) is 11.6. The molecule has 2 aliphatic heterocycles. The molecule has 3 aliphatic rings. The third kappa shape index (κ3) is 5.48. The average molecular weight is 550 g/mol. The third-order valence-corrected chi connectivity index (χ3v) is 10.2. The molecule has 1 aromatic heterocycles. The van der Waals surface area contributed by atoms with E-state index in [9.17, 15) is 9.59 Å². The number of para-hydroxylation sites is 1. The molecule has 0 spiro atoms. The number of carbonyl (C=O) groups is 2. The Morgan fingerprint density at radius 2 is 1.85 bits per heavy atom. The van der Waals surface area contributed by atoms with Crippen molar-refractivity contribution in [2.45, 2.75) is 64.6 Å². The van der Waals surface area contributed by atoms with Crippen LogP contribution in [0.25, 0.3) is 10.9 Å². The topological polar surface area (TPSA) is 69.9 Å². The summed E-state index contributed by atoms with van der Waals surface area (Å²) in [5.74, 6) is -0.132. The fraction of sp³-hybridized carbons (Fsp3) is 0.581. The van der Waals surface area contributed by atoms with E-state index in [0.717, 1.165) is 32.8 Å². The van der Waals surface area contributed by atoms with Crippen LogP contribution in [0.15, 0.2) is 40.2 Å². The number of fused-ring (bicyclic) bond motifs is 1. The summed E-state index contributed by atoms with van der Waals surface area (Å²) in [5, 5.41) is 4.06. The number of benzene rings is 1. The first-order valence-electron chi connectivity index (χ1n) is 14.3. The van der Waals surface area contributed by atoms with Crippen molar-refractivity contribution in [3.05, 3.63) is 46.5 Å². The van der Waals surface area contributed by atoms with E-state index in [1.165, 1.54) is 38.8 Å². The fourth-order valence-electron chi connectivity index (χ4n) is 6.86. The van der Waals surface area contributed by atoms with E-state index >= 15 is 0 Å². The fourth-order valence-corrected chi connectivity index (χ4v) is 7.62. The highest BCUT2D eigenvalue weighted by Crippen LogP contribution is 2.39. The number of amides is 2. The van der Waals surface area contributed by atoms with Gasteiger partial charge >= 0.3 is 0 Å². The molecule has 1 N–H and O–H groups in total. The van der Waals surface area contributed by atoms with Gasteiger partial charge in [0.25, 0.3) is 11.8 Å². The molecule has 0 radical (unpaired) electrons. The number of nitrogens with zero attached hydrogens (tertiary/aromatic N) is 4. The first kappa shape index (κ1) is 28.1. The van der Waals surface area contributed by atoms with Gasteiger partial charge in [-0.3, -0.25) is 14.5 Å². The van der Waals surface area contributed by atoms with Crippen LogP contribution in [0.2, 0.25) is 0 Å². The van der Waals surface area contributed by atoms with Crippen molar-refractivity contribution >= 4 is 40.2 Å². The number of rotatable bonds is 8. The first-order chi connectivity index (χ1) is 18.7. The number of aliphatic imine (C=N–C) groups is 1. The number of allylic oxidation sites excluding steroid dienone is 1. The number of dihydropyridines is 1. The highest BCUT2D eigenvalue weighted by Gasteiger charge is 2.37. The predicted molar refractivity (Wildman–Crippen MR) is 162 cm³/mol. The molecule has 1 unspecified atom stereocenters. The molecule has 0 bridgehead atoms. The minimum atomic E-state index is -0.421. The van der Waals surface area contributed by atoms with Crippen LogP contribution >= 0.6 is 11.8 Å². The van der Waals surface area contributed by atoms with Crippen LogP contribution in [-0.2, 0) is 4.79 Å². The number of aromatic nitrogens is 1. The van der Waals surface area contributed by atoms with E-state index in [-0.39, 0.29) is 18.4 Å². The monoisotopic (exact) mass is 549 g/mol. The maximum Gasteiger partial charge on any atom is 0.255 e. The predicted octanol–water partition coefficient (Wildman–Crippen LogP) is 4.91. The smallest absolute Gasteiger partial charge is 0.255 e. The molecule has 2 amide bonds. The molecule has 1 aromatic carbocycles. The average Bonchev–Trinajstić information content (AvgIpc) is 3.18. The number of nitrogens with one attached hydrogen (secondary N) is 1. The molecule has 2 atom stereocenters. The highest BCUT2D eigenvalue weighted by atomic mass is 32.2. The molecular formula is C31H43N5O2S. The largest absolute Gasteiger partial charge is 0.351 e. The molecule has 2 fully saturated rings. The van der Waals surface area contributed by atoms with E-state index in [4.69, 9.17) is 0 Å². The molecule has 5 rings (SSSR count). The lowest BCUT2D eigenvalue weighted by atomic mass is 9.80. The molecule has 210 valence electrons. The Kier molecular flexibility index (Phi) is 8.36. The number of likely N-dealkylation sites (tertiary alicyclic amines) is 1. The second-order valence-electron chi connectivity index (χ2n) is 11.8.